The van der Waals surface area contributed by atoms with Gasteiger partial charge in [-0.25, -0.2) is 4.98 Å². The smallest absolute Gasteiger partial charge is 0.274 e. The fourth-order valence-corrected chi connectivity index (χ4v) is 2.30. The predicted octanol–water partition coefficient (Wildman–Crippen LogP) is 1.52. The fourth-order valence-electron chi connectivity index (χ4n) is 2.30. The van der Waals surface area contributed by atoms with E-state index in [2.05, 4.69) is 16.9 Å². The van der Waals surface area contributed by atoms with Crippen molar-refractivity contribution in [2.75, 3.05) is 13.1 Å². The topological polar surface area (TPSA) is 72.1 Å². The summed E-state index contributed by atoms with van der Waals surface area (Å²) in [5.41, 5.74) is 6.15. The lowest BCUT2D eigenvalue weighted by Gasteiger charge is -2.37. The van der Waals surface area contributed by atoms with Gasteiger partial charge in [0.25, 0.3) is 5.91 Å². The summed E-state index contributed by atoms with van der Waals surface area (Å²) in [6.45, 7) is 3.47. The van der Waals surface area contributed by atoms with Crippen LogP contribution in [0.1, 0.15) is 30.3 Å². The Hall–Kier alpha value is -0.910. The SMILES string of the molecule is CC1CCN(C(=O)c2cnccn2)C(CN)C1.Cl.Cl. The molecule has 2 atom stereocenters. The molecule has 0 radical (unpaired) electrons. The number of likely N-dealkylation sites (tertiary alicyclic amines) is 1. The number of carbonyl (C=O) groups excluding carboxylic acids is 1. The summed E-state index contributed by atoms with van der Waals surface area (Å²) in [7, 11) is 0. The van der Waals surface area contributed by atoms with Gasteiger partial charge in [-0.2, -0.15) is 0 Å². The normalized spacial score (nSPS) is 22.1. The molecule has 1 saturated heterocycles. The van der Waals surface area contributed by atoms with Gasteiger partial charge in [-0.1, -0.05) is 6.92 Å². The third-order valence-electron chi connectivity index (χ3n) is 3.29. The Morgan fingerprint density at radius 3 is 2.79 bits per heavy atom. The van der Waals surface area contributed by atoms with Crippen LogP contribution in [-0.2, 0) is 0 Å². The zero-order valence-corrected chi connectivity index (χ0v) is 12.5. The molecule has 2 unspecified atom stereocenters. The Balaban J connectivity index is 0.00000162. The number of carbonyl (C=O) groups is 1. The van der Waals surface area contributed by atoms with Crippen molar-refractivity contribution in [3.05, 3.63) is 24.3 Å². The average molecular weight is 307 g/mol. The summed E-state index contributed by atoms with van der Waals surface area (Å²) < 4.78 is 0. The van der Waals surface area contributed by atoms with E-state index in [0.717, 1.165) is 19.4 Å². The van der Waals surface area contributed by atoms with Gasteiger partial charge in [-0.15, -0.1) is 24.8 Å². The highest BCUT2D eigenvalue weighted by atomic mass is 35.5. The van der Waals surface area contributed by atoms with Crippen LogP contribution in [0.2, 0.25) is 0 Å². The molecular formula is C12H20Cl2N4O. The molecule has 1 aliphatic heterocycles. The Morgan fingerprint density at radius 2 is 2.21 bits per heavy atom. The lowest BCUT2D eigenvalue weighted by molar-refractivity contribution is 0.0567. The van der Waals surface area contributed by atoms with E-state index >= 15 is 0 Å². The summed E-state index contributed by atoms with van der Waals surface area (Å²) in [6, 6.07) is 0.133. The molecule has 0 saturated carbocycles. The molecule has 0 aliphatic carbocycles. The van der Waals surface area contributed by atoms with Crippen molar-refractivity contribution in [1.82, 2.24) is 14.9 Å². The molecule has 0 bridgehead atoms. The number of nitrogens with two attached hydrogens (primary N) is 1. The number of halogens is 2. The first-order valence-corrected chi connectivity index (χ1v) is 5.99. The number of piperidine rings is 1. The van der Waals surface area contributed by atoms with E-state index in [1.165, 1.54) is 12.4 Å². The van der Waals surface area contributed by atoms with Crippen molar-refractivity contribution >= 4 is 30.7 Å². The van der Waals surface area contributed by atoms with Crippen molar-refractivity contribution in [2.45, 2.75) is 25.8 Å². The number of nitrogens with zero attached hydrogens (tertiary/aromatic N) is 3. The van der Waals surface area contributed by atoms with Crippen LogP contribution < -0.4 is 5.73 Å². The maximum atomic E-state index is 12.2. The van der Waals surface area contributed by atoms with E-state index < -0.39 is 0 Å². The summed E-state index contributed by atoms with van der Waals surface area (Å²) in [5.74, 6) is 0.579. The van der Waals surface area contributed by atoms with Crippen molar-refractivity contribution in [3.8, 4) is 0 Å². The van der Waals surface area contributed by atoms with E-state index in [-0.39, 0.29) is 36.8 Å². The van der Waals surface area contributed by atoms with Gasteiger partial charge in [0.15, 0.2) is 0 Å². The largest absolute Gasteiger partial charge is 0.333 e. The lowest BCUT2D eigenvalue weighted by Crippen LogP contribution is -2.49. The average Bonchev–Trinajstić information content (AvgIpc) is 2.39. The third-order valence-corrected chi connectivity index (χ3v) is 3.29. The van der Waals surface area contributed by atoms with Gasteiger partial charge in [0.2, 0.25) is 0 Å². The Kier molecular flexibility index (Phi) is 7.90. The van der Waals surface area contributed by atoms with Crippen LogP contribution in [0, 0.1) is 5.92 Å². The monoisotopic (exact) mass is 306 g/mol. The minimum atomic E-state index is -0.0551. The molecular weight excluding hydrogens is 287 g/mol. The van der Waals surface area contributed by atoms with Crippen LogP contribution in [-0.4, -0.2) is 39.9 Å². The summed E-state index contributed by atoms with van der Waals surface area (Å²) in [4.78, 5) is 22.1. The quantitative estimate of drug-likeness (QED) is 0.899. The van der Waals surface area contributed by atoms with Gasteiger partial charge >= 0.3 is 0 Å². The second-order valence-electron chi connectivity index (χ2n) is 4.61. The minimum absolute atomic E-state index is 0. The van der Waals surface area contributed by atoms with Gasteiger partial charge in [-0.05, 0) is 18.8 Å². The number of hydrogen-bond acceptors (Lipinski definition) is 4. The Labute approximate surface area is 125 Å². The van der Waals surface area contributed by atoms with Gasteiger partial charge in [0, 0.05) is 31.5 Å². The van der Waals surface area contributed by atoms with Gasteiger partial charge < -0.3 is 10.6 Å². The first-order chi connectivity index (χ1) is 8.22. The summed E-state index contributed by atoms with van der Waals surface area (Å²) >= 11 is 0. The molecule has 1 aliphatic rings. The van der Waals surface area contributed by atoms with E-state index in [4.69, 9.17) is 5.73 Å². The molecule has 7 heteroatoms. The van der Waals surface area contributed by atoms with E-state index in [1.807, 2.05) is 4.90 Å². The van der Waals surface area contributed by atoms with Gasteiger partial charge in [0.05, 0.1) is 6.20 Å². The van der Waals surface area contributed by atoms with Crippen molar-refractivity contribution in [3.63, 3.8) is 0 Å². The first-order valence-electron chi connectivity index (χ1n) is 5.99. The van der Waals surface area contributed by atoms with Gasteiger partial charge in [0.1, 0.15) is 5.69 Å². The highest BCUT2D eigenvalue weighted by molar-refractivity contribution is 5.92. The lowest BCUT2D eigenvalue weighted by atomic mass is 9.92. The highest BCUT2D eigenvalue weighted by Gasteiger charge is 2.30. The standard InChI is InChI=1S/C12H18N4O.2ClH/c1-9-2-5-16(10(6-9)7-13)12(17)11-8-14-3-4-15-11;;/h3-4,8-10H,2,5-7,13H2,1H3;2*1H. The van der Waals surface area contributed by atoms with Gasteiger partial charge in [-0.3, -0.25) is 9.78 Å². The second kappa shape index (κ2) is 8.30. The van der Waals surface area contributed by atoms with Crippen LogP contribution in [0.15, 0.2) is 18.6 Å². The molecule has 1 amide bonds. The minimum Gasteiger partial charge on any atom is -0.333 e. The van der Waals surface area contributed by atoms with Crippen LogP contribution in [0.5, 0.6) is 0 Å². The summed E-state index contributed by atoms with van der Waals surface area (Å²) in [5, 5.41) is 0. The maximum Gasteiger partial charge on any atom is 0.274 e. The first kappa shape index (κ1) is 18.1. The molecule has 1 aromatic rings. The molecule has 0 spiro atoms. The second-order valence-corrected chi connectivity index (χ2v) is 4.61. The summed E-state index contributed by atoms with van der Waals surface area (Å²) in [6.07, 6.45) is 6.62. The maximum absolute atomic E-state index is 12.2. The number of aromatic nitrogens is 2. The molecule has 19 heavy (non-hydrogen) atoms. The molecule has 1 aromatic heterocycles. The van der Waals surface area contributed by atoms with Crippen LogP contribution in [0.25, 0.3) is 0 Å². The number of rotatable bonds is 2. The third kappa shape index (κ3) is 4.30. The highest BCUT2D eigenvalue weighted by Crippen LogP contribution is 2.22. The number of hydrogen-bond donors (Lipinski definition) is 1. The molecule has 108 valence electrons. The van der Waals surface area contributed by atoms with E-state index in [9.17, 15) is 4.79 Å². The van der Waals surface area contributed by atoms with Crippen molar-refractivity contribution in [1.29, 1.82) is 0 Å². The molecule has 2 N–H and O–H groups in total. The van der Waals surface area contributed by atoms with Crippen LogP contribution in [0.4, 0.5) is 0 Å². The van der Waals surface area contributed by atoms with Crippen LogP contribution >= 0.6 is 24.8 Å². The van der Waals surface area contributed by atoms with E-state index in [1.54, 1.807) is 6.20 Å². The zero-order valence-electron chi connectivity index (χ0n) is 10.9. The molecule has 2 rings (SSSR count). The fraction of sp³-hybridized carbons (Fsp3) is 0.583. The molecule has 1 fully saturated rings. The Morgan fingerprint density at radius 1 is 1.47 bits per heavy atom. The van der Waals surface area contributed by atoms with E-state index in [0.29, 0.717) is 18.2 Å². The zero-order chi connectivity index (χ0) is 12.3. The van der Waals surface area contributed by atoms with Crippen LogP contribution in [0.3, 0.4) is 0 Å². The molecule has 2 heterocycles. The van der Waals surface area contributed by atoms with Crippen molar-refractivity contribution < 1.29 is 4.79 Å². The Bertz CT molecular complexity index is 391. The predicted molar refractivity (Wildman–Crippen MR) is 78.8 cm³/mol. The molecule has 5 nitrogen and oxygen atoms in total. The molecule has 0 aromatic carbocycles. The van der Waals surface area contributed by atoms with Crippen molar-refractivity contribution in [2.24, 2.45) is 11.7 Å². The number of amides is 1.